The van der Waals surface area contributed by atoms with Crippen molar-refractivity contribution >= 4 is 45.1 Å². The molecule has 0 saturated carbocycles. The van der Waals surface area contributed by atoms with Crippen molar-refractivity contribution < 1.29 is 23.9 Å². The van der Waals surface area contributed by atoms with Gasteiger partial charge in [-0.05, 0) is 44.0 Å². The van der Waals surface area contributed by atoms with E-state index in [1.165, 1.54) is 14.2 Å². The molecule has 0 aliphatic carbocycles. The Hall–Kier alpha value is -4.04. The summed E-state index contributed by atoms with van der Waals surface area (Å²) in [5, 5.41) is 3.70. The number of nitrogens with zero attached hydrogens (tertiary/aromatic N) is 1. The minimum absolute atomic E-state index is 0.124. The highest BCUT2D eigenvalue weighted by Gasteiger charge is 2.27. The van der Waals surface area contributed by atoms with Crippen LogP contribution in [0.2, 0.25) is 0 Å². The number of methoxy groups -OCH3 is 2. The van der Waals surface area contributed by atoms with Crippen molar-refractivity contribution in [3.8, 4) is 11.3 Å². The standard InChI is InChI=1S/C27H24N2O5S/c1-14-10-11-17(15(2)12-14)21-13-19(18-8-6-7-9-20(18)28-21)24(30)29-25-22(26(31)33-4)16(3)23(35-25)27(32)34-5/h6-13H,1-5H3,(H,29,30). The van der Waals surface area contributed by atoms with E-state index in [-0.39, 0.29) is 15.4 Å². The summed E-state index contributed by atoms with van der Waals surface area (Å²) in [7, 11) is 2.50. The number of esters is 2. The number of pyridine rings is 1. The number of rotatable bonds is 5. The smallest absolute Gasteiger partial charge is 0.348 e. The normalized spacial score (nSPS) is 10.8. The number of hydrogen-bond acceptors (Lipinski definition) is 7. The minimum Gasteiger partial charge on any atom is -0.465 e. The fourth-order valence-electron chi connectivity index (χ4n) is 4.01. The molecule has 1 amide bonds. The van der Waals surface area contributed by atoms with Crippen LogP contribution in [0.25, 0.3) is 22.2 Å². The van der Waals surface area contributed by atoms with E-state index in [0.29, 0.717) is 27.7 Å². The molecular formula is C27H24N2O5S. The van der Waals surface area contributed by atoms with E-state index in [0.717, 1.165) is 28.0 Å². The van der Waals surface area contributed by atoms with Crippen molar-refractivity contribution in [3.63, 3.8) is 0 Å². The van der Waals surface area contributed by atoms with Gasteiger partial charge in [0.2, 0.25) is 0 Å². The third-order valence-corrected chi connectivity index (χ3v) is 6.94. The second-order valence-electron chi connectivity index (χ2n) is 8.09. The molecule has 1 N–H and O–H groups in total. The zero-order valence-electron chi connectivity index (χ0n) is 20.0. The Bertz CT molecular complexity index is 1490. The van der Waals surface area contributed by atoms with Crippen LogP contribution in [-0.4, -0.2) is 37.0 Å². The predicted octanol–water partition coefficient (Wildman–Crippen LogP) is 5.71. The largest absolute Gasteiger partial charge is 0.465 e. The highest BCUT2D eigenvalue weighted by atomic mass is 32.1. The van der Waals surface area contributed by atoms with Gasteiger partial charge >= 0.3 is 11.9 Å². The van der Waals surface area contributed by atoms with Gasteiger partial charge in [0.1, 0.15) is 9.88 Å². The van der Waals surface area contributed by atoms with Gasteiger partial charge in [-0.25, -0.2) is 14.6 Å². The molecule has 2 aromatic heterocycles. The summed E-state index contributed by atoms with van der Waals surface area (Å²) in [6.07, 6.45) is 0. The molecule has 2 aromatic carbocycles. The lowest BCUT2D eigenvalue weighted by atomic mass is 9.99. The van der Waals surface area contributed by atoms with Crippen LogP contribution in [0.3, 0.4) is 0 Å². The molecule has 0 aliphatic heterocycles. The van der Waals surface area contributed by atoms with E-state index >= 15 is 0 Å². The van der Waals surface area contributed by atoms with Crippen molar-refractivity contribution in [2.24, 2.45) is 0 Å². The lowest BCUT2D eigenvalue weighted by Gasteiger charge is -2.12. The van der Waals surface area contributed by atoms with E-state index in [1.54, 1.807) is 13.0 Å². The summed E-state index contributed by atoms with van der Waals surface area (Å²) in [5.74, 6) is -1.68. The van der Waals surface area contributed by atoms with Crippen LogP contribution in [0.5, 0.6) is 0 Å². The van der Waals surface area contributed by atoms with Crippen molar-refractivity contribution in [1.29, 1.82) is 0 Å². The lowest BCUT2D eigenvalue weighted by molar-refractivity contribution is 0.0601. The molecule has 2 heterocycles. The van der Waals surface area contributed by atoms with Crippen LogP contribution in [-0.2, 0) is 9.47 Å². The maximum Gasteiger partial charge on any atom is 0.348 e. The van der Waals surface area contributed by atoms with E-state index in [2.05, 4.69) is 11.4 Å². The molecule has 0 unspecified atom stereocenters. The van der Waals surface area contributed by atoms with E-state index in [9.17, 15) is 14.4 Å². The zero-order valence-corrected chi connectivity index (χ0v) is 20.8. The molecule has 35 heavy (non-hydrogen) atoms. The summed E-state index contributed by atoms with van der Waals surface area (Å²) in [6.45, 7) is 5.64. The van der Waals surface area contributed by atoms with Gasteiger partial charge in [0.05, 0.1) is 36.6 Å². The number of carbonyl (C=O) groups excluding carboxylic acids is 3. The number of fused-ring (bicyclic) bond motifs is 1. The first kappa shape index (κ1) is 24.1. The molecule has 0 atom stereocenters. The summed E-state index contributed by atoms with van der Waals surface area (Å²) in [4.78, 5) is 43.3. The number of amides is 1. The van der Waals surface area contributed by atoms with Crippen molar-refractivity contribution in [1.82, 2.24) is 4.98 Å². The highest BCUT2D eigenvalue weighted by Crippen LogP contribution is 2.35. The van der Waals surface area contributed by atoms with Crippen LogP contribution < -0.4 is 5.32 Å². The number of carbonyl (C=O) groups is 3. The number of thiophene rings is 1. The Morgan fingerprint density at radius 1 is 0.914 bits per heavy atom. The maximum atomic E-state index is 13.6. The Labute approximate surface area is 206 Å². The third-order valence-electron chi connectivity index (χ3n) is 5.75. The molecule has 4 aromatic rings. The molecule has 0 fully saturated rings. The third kappa shape index (κ3) is 4.52. The first-order valence-electron chi connectivity index (χ1n) is 10.8. The van der Waals surface area contributed by atoms with Crippen molar-refractivity contribution in [3.05, 3.63) is 81.2 Å². The number of para-hydroxylation sites is 1. The Kier molecular flexibility index (Phi) is 6.66. The number of anilines is 1. The maximum absolute atomic E-state index is 13.6. The van der Waals surface area contributed by atoms with Crippen LogP contribution >= 0.6 is 11.3 Å². The Balaban J connectivity index is 1.84. The number of benzene rings is 2. The Morgan fingerprint density at radius 3 is 2.31 bits per heavy atom. The molecular weight excluding hydrogens is 464 g/mol. The number of hydrogen-bond donors (Lipinski definition) is 1. The molecule has 0 saturated heterocycles. The van der Waals surface area contributed by atoms with Crippen LogP contribution in [0.4, 0.5) is 5.00 Å². The predicted molar refractivity (Wildman–Crippen MR) is 136 cm³/mol. The molecule has 178 valence electrons. The SMILES string of the molecule is COC(=O)c1sc(NC(=O)c2cc(-c3ccc(C)cc3C)nc3ccccc23)c(C(=O)OC)c1C. The summed E-state index contributed by atoms with van der Waals surface area (Å²) in [5.41, 5.74) is 5.34. The first-order valence-corrected chi connectivity index (χ1v) is 11.7. The van der Waals surface area contributed by atoms with E-state index in [4.69, 9.17) is 14.5 Å². The van der Waals surface area contributed by atoms with Gasteiger partial charge in [-0.3, -0.25) is 4.79 Å². The van der Waals surface area contributed by atoms with Gasteiger partial charge < -0.3 is 14.8 Å². The van der Waals surface area contributed by atoms with Gasteiger partial charge in [0.15, 0.2) is 0 Å². The minimum atomic E-state index is -0.653. The van der Waals surface area contributed by atoms with Crippen molar-refractivity contribution in [2.45, 2.75) is 20.8 Å². The topological polar surface area (TPSA) is 94.6 Å². The molecule has 0 bridgehead atoms. The van der Waals surface area contributed by atoms with Gasteiger partial charge in [-0.1, -0.05) is 42.0 Å². The summed E-state index contributed by atoms with van der Waals surface area (Å²) in [6, 6.07) is 15.2. The van der Waals surface area contributed by atoms with Crippen LogP contribution in [0.15, 0.2) is 48.5 Å². The molecule has 8 heteroatoms. The molecule has 7 nitrogen and oxygen atoms in total. The second kappa shape index (κ2) is 9.68. The fraction of sp³-hybridized carbons (Fsp3) is 0.185. The van der Waals surface area contributed by atoms with Crippen molar-refractivity contribution in [2.75, 3.05) is 19.5 Å². The summed E-state index contributed by atoms with van der Waals surface area (Å²) < 4.78 is 9.72. The van der Waals surface area contributed by atoms with Gasteiger partial charge in [0.25, 0.3) is 5.91 Å². The molecule has 0 spiro atoms. The average Bonchev–Trinajstić information content (AvgIpc) is 3.17. The molecule has 4 rings (SSSR count). The van der Waals surface area contributed by atoms with Gasteiger partial charge in [-0.2, -0.15) is 0 Å². The van der Waals surface area contributed by atoms with E-state index in [1.807, 2.05) is 50.2 Å². The van der Waals surface area contributed by atoms with E-state index < -0.39 is 17.8 Å². The lowest BCUT2D eigenvalue weighted by Crippen LogP contribution is -2.15. The first-order chi connectivity index (χ1) is 16.7. The average molecular weight is 489 g/mol. The molecule has 0 aliphatic rings. The number of nitrogens with one attached hydrogen (secondary N) is 1. The highest BCUT2D eigenvalue weighted by molar-refractivity contribution is 7.18. The number of ether oxygens (including phenoxy) is 2. The Morgan fingerprint density at radius 2 is 1.63 bits per heavy atom. The van der Waals surface area contributed by atoms with Crippen LogP contribution in [0, 0.1) is 20.8 Å². The van der Waals surface area contributed by atoms with Gasteiger partial charge in [-0.15, -0.1) is 11.3 Å². The number of aryl methyl sites for hydroxylation is 2. The fourth-order valence-corrected chi connectivity index (χ4v) is 5.12. The van der Waals surface area contributed by atoms with Crippen LogP contribution in [0.1, 0.15) is 47.1 Å². The zero-order chi connectivity index (χ0) is 25.3. The monoisotopic (exact) mass is 488 g/mol. The van der Waals surface area contributed by atoms with Gasteiger partial charge in [0, 0.05) is 10.9 Å². The quantitative estimate of drug-likeness (QED) is 0.361. The number of aromatic nitrogens is 1. The molecule has 0 radical (unpaired) electrons. The second-order valence-corrected chi connectivity index (χ2v) is 9.11. The summed E-state index contributed by atoms with van der Waals surface area (Å²) >= 11 is 0.973.